The summed E-state index contributed by atoms with van der Waals surface area (Å²) in [5.74, 6) is 1.17. The number of nitrogens with zero attached hydrogens (tertiary/aromatic N) is 3. The van der Waals surface area contributed by atoms with Crippen LogP contribution in [0.2, 0.25) is 0 Å². The first-order valence-electron chi connectivity index (χ1n) is 9.48. The summed E-state index contributed by atoms with van der Waals surface area (Å²) in [5.41, 5.74) is 1.99. The fraction of sp³-hybridized carbons (Fsp3) is 0.500. The van der Waals surface area contributed by atoms with Crippen LogP contribution in [0.1, 0.15) is 12.8 Å². The van der Waals surface area contributed by atoms with E-state index in [1.54, 1.807) is 7.11 Å². The van der Waals surface area contributed by atoms with Crippen molar-refractivity contribution >= 4 is 11.8 Å². The minimum atomic E-state index is -0.384. The van der Waals surface area contributed by atoms with Gasteiger partial charge in [-0.25, -0.2) is 4.98 Å². The van der Waals surface area contributed by atoms with Crippen LogP contribution in [0.15, 0.2) is 36.4 Å². The lowest BCUT2D eigenvalue weighted by Gasteiger charge is -2.38. The minimum Gasteiger partial charge on any atom is -0.383 e. The molecule has 0 aliphatic carbocycles. The molecule has 2 fully saturated rings. The molecule has 4 rings (SSSR count). The maximum atomic E-state index is 5.84. The van der Waals surface area contributed by atoms with Crippen molar-refractivity contribution in [1.82, 2.24) is 9.97 Å². The van der Waals surface area contributed by atoms with Crippen LogP contribution in [0, 0.1) is 0 Å². The molecular formula is C20H26N4O3. The maximum absolute atomic E-state index is 5.84. The highest BCUT2D eigenvalue weighted by molar-refractivity contribution is 5.64. The molecule has 0 amide bonds. The molecule has 1 aromatic carbocycles. The molecule has 0 unspecified atom stereocenters. The van der Waals surface area contributed by atoms with Gasteiger partial charge in [0.1, 0.15) is 5.82 Å². The Labute approximate surface area is 159 Å². The average Bonchev–Trinajstić information content (AvgIpc) is 3.17. The Balaban J connectivity index is 1.56. The molecule has 27 heavy (non-hydrogen) atoms. The zero-order valence-electron chi connectivity index (χ0n) is 15.7. The highest BCUT2D eigenvalue weighted by atomic mass is 16.7. The van der Waals surface area contributed by atoms with E-state index in [9.17, 15) is 0 Å². The molecule has 2 saturated heterocycles. The molecule has 3 heterocycles. The van der Waals surface area contributed by atoms with Crippen LogP contribution in [0.3, 0.4) is 0 Å². The highest BCUT2D eigenvalue weighted by Gasteiger charge is 2.40. The Morgan fingerprint density at radius 2 is 1.85 bits per heavy atom. The first kappa shape index (κ1) is 18.2. The van der Waals surface area contributed by atoms with Gasteiger partial charge in [-0.15, -0.1) is 0 Å². The van der Waals surface area contributed by atoms with Gasteiger partial charge in [0.25, 0.3) is 0 Å². The molecule has 7 heteroatoms. The lowest BCUT2D eigenvalue weighted by Crippen LogP contribution is -2.45. The number of rotatable bonds is 6. The number of anilines is 2. The number of hydrogen-bond acceptors (Lipinski definition) is 7. The summed E-state index contributed by atoms with van der Waals surface area (Å²) in [6.07, 6.45) is 1.70. The summed E-state index contributed by atoms with van der Waals surface area (Å²) < 4.78 is 16.8. The van der Waals surface area contributed by atoms with Crippen molar-refractivity contribution < 1.29 is 14.2 Å². The average molecular weight is 370 g/mol. The number of ether oxygens (including phenoxy) is 3. The van der Waals surface area contributed by atoms with Gasteiger partial charge in [-0.1, -0.05) is 30.3 Å². The summed E-state index contributed by atoms with van der Waals surface area (Å²) in [5, 5.41) is 3.26. The van der Waals surface area contributed by atoms with Gasteiger partial charge in [-0.2, -0.15) is 4.98 Å². The number of hydrogen-bond donors (Lipinski definition) is 1. The van der Waals surface area contributed by atoms with Crippen molar-refractivity contribution in [2.75, 3.05) is 56.8 Å². The number of nitrogens with one attached hydrogen (secondary N) is 1. The highest BCUT2D eigenvalue weighted by Crippen LogP contribution is 2.33. The molecule has 2 aliphatic heterocycles. The topological polar surface area (TPSA) is 68.7 Å². The zero-order valence-corrected chi connectivity index (χ0v) is 15.7. The molecule has 144 valence electrons. The Bertz CT molecular complexity index is 740. The summed E-state index contributed by atoms with van der Waals surface area (Å²) >= 11 is 0. The minimum absolute atomic E-state index is 0.384. The van der Waals surface area contributed by atoms with E-state index < -0.39 is 0 Å². The number of benzene rings is 1. The summed E-state index contributed by atoms with van der Waals surface area (Å²) in [7, 11) is 1.69. The monoisotopic (exact) mass is 370 g/mol. The Morgan fingerprint density at radius 1 is 1.11 bits per heavy atom. The van der Waals surface area contributed by atoms with Gasteiger partial charge in [0.05, 0.1) is 25.5 Å². The van der Waals surface area contributed by atoms with E-state index in [-0.39, 0.29) is 5.79 Å². The molecule has 0 radical (unpaired) electrons. The van der Waals surface area contributed by atoms with E-state index in [4.69, 9.17) is 19.2 Å². The van der Waals surface area contributed by atoms with Crippen LogP contribution < -0.4 is 10.2 Å². The second-order valence-corrected chi connectivity index (χ2v) is 6.82. The molecule has 0 bridgehead atoms. The fourth-order valence-corrected chi connectivity index (χ4v) is 3.56. The predicted molar refractivity (Wildman–Crippen MR) is 104 cm³/mol. The lowest BCUT2D eigenvalue weighted by atomic mass is 10.0. The standard InChI is InChI=1S/C20H26N4O3/c1-25-12-9-21-19-22-17(16-5-3-2-4-6-16)15-18(23-19)24-10-7-20(8-11-24)26-13-14-27-20/h2-6,15H,7-14H2,1H3,(H,21,22,23). The van der Waals surface area contributed by atoms with Gasteiger partial charge < -0.3 is 24.4 Å². The third kappa shape index (κ3) is 4.21. The normalized spacial score (nSPS) is 18.8. The van der Waals surface area contributed by atoms with Crippen molar-refractivity contribution in [2.45, 2.75) is 18.6 Å². The molecular weight excluding hydrogens is 344 g/mol. The van der Waals surface area contributed by atoms with Crippen LogP contribution in [0.5, 0.6) is 0 Å². The van der Waals surface area contributed by atoms with Crippen molar-refractivity contribution in [3.8, 4) is 11.3 Å². The van der Waals surface area contributed by atoms with Crippen LogP contribution >= 0.6 is 0 Å². The molecule has 0 atom stereocenters. The van der Waals surface area contributed by atoms with E-state index in [1.807, 2.05) is 18.2 Å². The van der Waals surface area contributed by atoms with Gasteiger partial charge in [0, 0.05) is 51.2 Å². The van der Waals surface area contributed by atoms with Crippen LogP contribution in [0.4, 0.5) is 11.8 Å². The largest absolute Gasteiger partial charge is 0.383 e. The van der Waals surface area contributed by atoms with Crippen LogP contribution in [-0.2, 0) is 14.2 Å². The zero-order chi connectivity index (χ0) is 18.5. The number of methoxy groups -OCH3 is 1. The van der Waals surface area contributed by atoms with Crippen molar-refractivity contribution in [3.05, 3.63) is 36.4 Å². The number of aromatic nitrogens is 2. The first-order chi connectivity index (χ1) is 13.3. The smallest absolute Gasteiger partial charge is 0.225 e. The van der Waals surface area contributed by atoms with Gasteiger partial charge in [0.15, 0.2) is 5.79 Å². The van der Waals surface area contributed by atoms with Crippen molar-refractivity contribution in [2.24, 2.45) is 0 Å². The van der Waals surface area contributed by atoms with Gasteiger partial charge in [0.2, 0.25) is 5.95 Å². The lowest BCUT2D eigenvalue weighted by molar-refractivity contribution is -0.169. The van der Waals surface area contributed by atoms with E-state index in [0.29, 0.717) is 32.3 Å². The van der Waals surface area contributed by atoms with E-state index in [1.165, 1.54) is 0 Å². The Morgan fingerprint density at radius 3 is 2.56 bits per heavy atom. The molecule has 1 spiro atoms. The van der Waals surface area contributed by atoms with Crippen LogP contribution in [0.25, 0.3) is 11.3 Å². The molecule has 2 aromatic rings. The number of piperidine rings is 1. The van der Waals surface area contributed by atoms with Crippen molar-refractivity contribution in [3.63, 3.8) is 0 Å². The third-order valence-corrected chi connectivity index (χ3v) is 5.03. The fourth-order valence-electron chi connectivity index (χ4n) is 3.56. The van der Waals surface area contributed by atoms with E-state index in [2.05, 4.69) is 33.4 Å². The van der Waals surface area contributed by atoms with Crippen molar-refractivity contribution in [1.29, 1.82) is 0 Å². The van der Waals surface area contributed by atoms with Crippen LogP contribution in [-0.4, -0.2) is 62.3 Å². The third-order valence-electron chi connectivity index (χ3n) is 5.03. The van der Waals surface area contributed by atoms with E-state index in [0.717, 1.165) is 43.0 Å². The second kappa shape index (κ2) is 8.21. The van der Waals surface area contributed by atoms with E-state index >= 15 is 0 Å². The molecule has 1 N–H and O–H groups in total. The Hall–Kier alpha value is -2.22. The van der Waals surface area contributed by atoms with Gasteiger partial charge in [-0.05, 0) is 0 Å². The maximum Gasteiger partial charge on any atom is 0.225 e. The Kier molecular flexibility index (Phi) is 5.52. The second-order valence-electron chi connectivity index (χ2n) is 6.82. The van der Waals surface area contributed by atoms with Gasteiger partial charge in [-0.3, -0.25) is 0 Å². The molecule has 1 aromatic heterocycles. The summed E-state index contributed by atoms with van der Waals surface area (Å²) in [4.78, 5) is 11.7. The molecule has 7 nitrogen and oxygen atoms in total. The predicted octanol–water partition coefficient (Wildman–Crippen LogP) is 2.55. The van der Waals surface area contributed by atoms with Gasteiger partial charge >= 0.3 is 0 Å². The summed E-state index contributed by atoms with van der Waals surface area (Å²) in [6, 6.07) is 12.2. The first-order valence-corrected chi connectivity index (χ1v) is 9.48. The molecule has 2 aliphatic rings. The quantitative estimate of drug-likeness (QED) is 0.784. The SMILES string of the molecule is COCCNc1nc(-c2ccccc2)cc(N2CCC3(CC2)OCCO3)n1. The summed E-state index contributed by atoms with van der Waals surface area (Å²) in [6.45, 7) is 4.36. The molecule has 0 saturated carbocycles.